The van der Waals surface area contributed by atoms with Gasteiger partial charge in [0, 0.05) is 29.9 Å². The Morgan fingerprint density at radius 2 is 1.44 bits per heavy atom. The average molecular weight is 462 g/mol. The minimum absolute atomic E-state index is 0.185. The molecule has 0 aromatic heterocycles. The van der Waals surface area contributed by atoms with Gasteiger partial charge in [-0.2, -0.15) is 0 Å². The SMILES string of the molecule is COc1ccc(NC(=O)c2ccc(NC(=O)CCCNC(=O)OCc3ccccc3)cc2)cc1. The van der Waals surface area contributed by atoms with Crippen molar-refractivity contribution in [3.8, 4) is 5.75 Å². The molecule has 0 heterocycles. The van der Waals surface area contributed by atoms with E-state index in [1.54, 1.807) is 55.6 Å². The van der Waals surface area contributed by atoms with Gasteiger partial charge < -0.3 is 25.4 Å². The van der Waals surface area contributed by atoms with Crippen molar-refractivity contribution in [2.24, 2.45) is 0 Å². The molecule has 0 radical (unpaired) electrons. The number of ether oxygens (including phenoxy) is 2. The summed E-state index contributed by atoms with van der Waals surface area (Å²) in [7, 11) is 1.58. The van der Waals surface area contributed by atoms with Crippen LogP contribution in [0.4, 0.5) is 16.2 Å². The zero-order valence-corrected chi connectivity index (χ0v) is 18.9. The lowest BCUT2D eigenvalue weighted by Gasteiger charge is -2.09. The summed E-state index contributed by atoms with van der Waals surface area (Å²) in [6.45, 7) is 0.521. The second kappa shape index (κ2) is 12.6. The fourth-order valence-corrected chi connectivity index (χ4v) is 3.02. The van der Waals surface area contributed by atoms with E-state index < -0.39 is 6.09 Å². The maximum absolute atomic E-state index is 12.4. The summed E-state index contributed by atoms with van der Waals surface area (Å²) >= 11 is 0. The molecule has 0 atom stereocenters. The molecule has 3 N–H and O–H groups in total. The smallest absolute Gasteiger partial charge is 0.407 e. The van der Waals surface area contributed by atoms with Crippen LogP contribution in [0, 0.1) is 0 Å². The molecule has 0 spiro atoms. The maximum atomic E-state index is 12.4. The molecule has 8 nitrogen and oxygen atoms in total. The lowest BCUT2D eigenvalue weighted by molar-refractivity contribution is -0.116. The van der Waals surface area contributed by atoms with Gasteiger partial charge in [-0.3, -0.25) is 9.59 Å². The molecule has 0 aliphatic heterocycles. The van der Waals surface area contributed by atoms with Gasteiger partial charge in [0.15, 0.2) is 0 Å². The molecule has 34 heavy (non-hydrogen) atoms. The molecule has 0 aliphatic carbocycles. The van der Waals surface area contributed by atoms with Crippen LogP contribution >= 0.6 is 0 Å². The minimum atomic E-state index is -0.521. The second-order valence-corrected chi connectivity index (χ2v) is 7.40. The van der Waals surface area contributed by atoms with Gasteiger partial charge in [0.25, 0.3) is 5.91 Å². The van der Waals surface area contributed by atoms with Crippen LogP contribution in [-0.2, 0) is 16.1 Å². The third-order valence-corrected chi connectivity index (χ3v) is 4.84. The number of alkyl carbamates (subject to hydrolysis) is 1. The summed E-state index contributed by atoms with van der Waals surface area (Å²) in [5.74, 6) is 0.264. The number of rotatable bonds is 10. The van der Waals surface area contributed by atoms with Crippen LogP contribution in [0.25, 0.3) is 0 Å². The van der Waals surface area contributed by atoms with Crippen molar-refractivity contribution in [3.05, 3.63) is 90.0 Å². The summed E-state index contributed by atoms with van der Waals surface area (Å²) in [6, 6.07) is 23.0. The first kappa shape index (κ1) is 24.3. The molecule has 0 unspecified atom stereocenters. The molecule has 176 valence electrons. The highest BCUT2D eigenvalue weighted by atomic mass is 16.5. The Kier molecular flexibility index (Phi) is 9.04. The summed E-state index contributed by atoms with van der Waals surface area (Å²) in [5.41, 5.74) is 2.61. The van der Waals surface area contributed by atoms with Crippen LogP contribution in [0.15, 0.2) is 78.9 Å². The van der Waals surface area contributed by atoms with Crippen molar-refractivity contribution in [3.63, 3.8) is 0 Å². The van der Waals surface area contributed by atoms with Gasteiger partial charge in [0.1, 0.15) is 12.4 Å². The number of anilines is 2. The predicted molar refractivity (Wildman–Crippen MR) is 130 cm³/mol. The topological polar surface area (TPSA) is 106 Å². The highest BCUT2D eigenvalue weighted by Gasteiger charge is 2.08. The standard InChI is InChI=1S/C26H27N3O5/c1-33-23-15-13-22(14-16-23)29-25(31)20-9-11-21(12-10-20)28-24(30)8-5-17-27-26(32)34-18-19-6-3-2-4-7-19/h2-4,6-7,9-16H,5,8,17-18H2,1H3,(H,27,32)(H,28,30)(H,29,31). The van der Waals surface area contributed by atoms with Crippen molar-refractivity contribution >= 4 is 29.3 Å². The minimum Gasteiger partial charge on any atom is -0.497 e. The van der Waals surface area contributed by atoms with Crippen LogP contribution in [0.5, 0.6) is 5.75 Å². The van der Waals surface area contributed by atoms with Crippen molar-refractivity contribution in [2.75, 3.05) is 24.3 Å². The van der Waals surface area contributed by atoms with E-state index in [-0.39, 0.29) is 24.8 Å². The molecule has 3 aromatic rings. The molecule has 0 bridgehead atoms. The zero-order chi connectivity index (χ0) is 24.2. The largest absolute Gasteiger partial charge is 0.497 e. The van der Waals surface area contributed by atoms with Gasteiger partial charge >= 0.3 is 6.09 Å². The summed E-state index contributed by atoms with van der Waals surface area (Å²) in [4.78, 5) is 36.2. The number of methoxy groups -OCH3 is 1. The highest BCUT2D eigenvalue weighted by Crippen LogP contribution is 2.17. The summed E-state index contributed by atoms with van der Waals surface area (Å²) in [5, 5.41) is 8.21. The molecular weight excluding hydrogens is 434 g/mol. The van der Waals surface area contributed by atoms with E-state index in [2.05, 4.69) is 16.0 Å². The normalized spacial score (nSPS) is 10.1. The van der Waals surface area contributed by atoms with Crippen molar-refractivity contribution < 1.29 is 23.9 Å². The molecule has 0 saturated carbocycles. The van der Waals surface area contributed by atoms with Crippen molar-refractivity contribution in [1.82, 2.24) is 5.32 Å². The Labute approximate surface area is 198 Å². The van der Waals surface area contributed by atoms with Crippen LogP contribution < -0.4 is 20.7 Å². The quantitative estimate of drug-likeness (QED) is 0.383. The fraction of sp³-hybridized carbons (Fsp3) is 0.192. The number of amides is 3. The van der Waals surface area contributed by atoms with Crippen LogP contribution in [-0.4, -0.2) is 31.6 Å². The Morgan fingerprint density at radius 1 is 0.794 bits per heavy atom. The maximum Gasteiger partial charge on any atom is 0.407 e. The van der Waals surface area contributed by atoms with Crippen LogP contribution in [0.2, 0.25) is 0 Å². The molecule has 3 aromatic carbocycles. The van der Waals surface area contributed by atoms with Crippen molar-refractivity contribution in [2.45, 2.75) is 19.4 Å². The van der Waals surface area contributed by atoms with Gasteiger partial charge in [-0.1, -0.05) is 30.3 Å². The number of carbonyl (C=O) groups excluding carboxylic acids is 3. The molecule has 0 saturated heterocycles. The molecule has 3 rings (SSSR count). The monoisotopic (exact) mass is 461 g/mol. The number of benzene rings is 3. The lowest BCUT2D eigenvalue weighted by Crippen LogP contribution is -2.26. The van der Waals surface area contributed by atoms with Gasteiger partial charge in [-0.25, -0.2) is 4.79 Å². The van der Waals surface area contributed by atoms with E-state index in [1.165, 1.54) is 0 Å². The summed E-state index contributed by atoms with van der Waals surface area (Å²) < 4.78 is 10.2. The van der Waals surface area contributed by atoms with Gasteiger partial charge in [0.05, 0.1) is 7.11 Å². The van der Waals surface area contributed by atoms with E-state index in [9.17, 15) is 14.4 Å². The third-order valence-electron chi connectivity index (χ3n) is 4.84. The fourth-order valence-electron chi connectivity index (χ4n) is 3.02. The van der Waals surface area contributed by atoms with E-state index in [0.29, 0.717) is 35.7 Å². The van der Waals surface area contributed by atoms with Crippen LogP contribution in [0.3, 0.4) is 0 Å². The molecule has 0 fully saturated rings. The number of hydrogen-bond acceptors (Lipinski definition) is 5. The Hall–Kier alpha value is -4.33. The number of carbonyl (C=O) groups is 3. The molecular formula is C26H27N3O5. The van der Waals surface area contributed by atoms with E-state index in [1.807, 2.05) is 30.3 Å². The van der Waals surface area contributed by atoms with Crippen LogP contribution in [0.1, 0.15) is 28.8 Å². The van der Waals surface area contributed by atoms with E-state index in [0.717, 1.165) is 5.56 Å². The third kappa shape index (κ3) is 7.98. The Balaban J connectivity index is 1.34. The number of hydrogen-bond donors (Lipinski definition) is 3. The van der Waals surface area contributed by atoms with Gasteiger partial charge in [-0.05, 0) is 60.5 Å². The Morgan fingerprint density at radius 3 is 2.12 bits per heavy atom. The second-order valence-electron chi connectivity index (χ2n) is 7.40. The van der Waals surface area contributed by atoms with Gasteiger partial charge in [-0.15, -0.1) is 0 Å². The molecule has 0 aliphatic rings. The zero-order valence-electron chi connectivity index (χ0n) is 18.9. The highest BCUT2D eigenvalue weighted by molar-refractivity contribution is 6.04. The number of nitrogens with one attached hydrogen (secondary N) is 3. The summed E-state index contributed by atoms with van der Waals surface area (Å²) in [6.07, 6.45) is 0.181. The first-order valence-electron chi connectivity index (χ1n) is 10.8. The first-order valence-corrected chi connectivity index (χ1v) is 10.8. The van der Waals surface area contributed by atoms with Gasteiger partial charge in [0.2, 0.25) is 5.91 Å². The van der Waals surface area contributed by atoms with E-state index in [4.69, 9.17) is 9.47 Å². The Bertz CT molecular complexity index is 1080. The lowest BCUT2D eigenvalue weighted by atomic mass is 10.2. The predicted octanol–water partition coefficient (Wildman–Crippen LogP) is 4.59. The van der Waals surface area contributed by atoms with E-state index >= 15 is 0 Å². The first-order chi connectivity index (χ1) is 16.5. The molecule has 3 amide bonds. The average Bonchev–Trinajstić information content (AvgIpc) is 2.87. The molecule has 8 heteroatoms. The van der Waals surface area contributed by atoms with Crippen molar-refractivity contribution in [1.29, 1.82) is 0 Å².